The van der Waals surface area contributed by atoms with Crippen LogP contribution in [0.15, 0.2) is 11.1 Å². The van der Waals surface area contributed by atoms with Gasteiger partial charge in [0.2, 0.25) is 0 Å². The maximum atomic E-state index is 12.1. The zero-order chi connectivity index (χ0) is 12.5. The maximum Gasteiger partial charge on any atom is 0.270 e. The summed E-state index contributed by atoms with van der Waals surface area (Å²) < 4.78 is 0. The van der Waals surface area contributed by atoms with Crippen LogP contribution in [0.5, 0.6) is 0 Å². The summed E-state index contributed by atoms with van der Waals surface area (Å²) in [4.78, 5) is 27.1. The van der Waals surface area contributed by atoms with Crippen molar-refractivity contribution in [2.75, 3.05) is 5.73 Å². The molecule has 1 fully saturated rings. The smallest absolute Gasteiger partial charge is 0.270 e. The predicted molar refractivity (Wildman–Crippen MR) is 68.2 cm³/mol. The molecule has 6 nitrogen and oxygen atoms in total. The number of fused-ring (bicyclic) bond motifs is 1. The van der Waals surface area contributed by atoms with Crippen molar-refractivity contribution in [3.05, 3.63) is 22.4 Å². The fourth-order valence-corrected chi connectivity index (χ4v) is 2.59. The van der Waals surface area contributed by atoms with Gasteiger partial charge in [0.15, 0.2) is 11.5 Å². The average Bonchev–Trinajstić information content (AvgIpc) is 2.40. The van der Waals surface area contributed by atoms with Crippen molar-refractivity contribution >= 4 is 17.0 Å². The highest BCUT2D eigenvalue weighted by molar-refractivity contribution is 5.80. The zero-order valence-electron chi connectivity index (χ0n) is 10.0. The Hall–Kier alpha value is -1.98. The number of nitrogens with zero attached hydrogens (tertiary/aromatic N) is 3. The number of aromatic nitrogens is 4. The number of nitrogens with two attached hydrogens (primary N) is 1. The van der Waals surface area contributed by atoms with Gasteiger partial charge in [0.05, 0.1) is 0 Å². The van der Waals surface area contributed by atoms with Crippen LogP contribution in [0.2, 0.25) is 0 Å². The summed E-state index contributed by atoms with van der Waals surface area (Å²) >= 11 is 0. The summed E-state index contributed by atoms with van der Waals surface area (Å²) in [5, 5.41) is 0. The van der Waals surface area contributed by atoms with E-state index in [1.807, 2.05) is 0 Å². The molecule has 1 saturated carbocycles. The van der Waals surface area contributed by atoms with E-state index < -0.39 is 0 Å². The third-order valence-electron chi connectivity index (χ3n) is 3.55. The van der Waals surface area contributed by atoms with Crippen LogP contribution in [-0.4, -0.2) is 19.9 Å². The maximum absolute atomic E-state index is 12.1. The second-order valence-corrected chi connectivity index (χ2v) is 4.74. The molecule has 0 spiro atoms. The fourth-order valence-electron chi connectivity index (χ4n) is 2.59. The lowest BCUT2D eigenvalue weighted by Gasteiger charge is -2.20. The molecule has 0 aliphatic heterocycles. The molecule has 2 heterocycles. The topological polar surface area (TPSA) is 97.5 Å². The van der Waals surface area contributed by atoms with Crippen LogP contribution in [0.1, 0.15) is 43.7 Å². The minimum Gasteiger partial charge on any atom is -0.382 e. The molecule has 94 valence electrons. The van der Waals surface area contributed by atoms with E-state index in [1.54, 1.807) is 0 Å². The Bertz CT molecular complexity index is 630. The van der Waals surface area contributed by atoms with E-state index in [4.69, 9.17) is 5.73 Å². The van der Waals surface area contributed by atoms with Gasteiger partial charge in [-0.2, -0.15) is 0 Å². The Morgan fingerprint density at radius 1 is 1.22 bits per heavy atom. The van der Waals surface area contributed by atoms with E-state index in [1.165, 1.54) is 12.7 Å². The highest BCUT2D eigenvalue weighted by Gasteiger charge is 2.21. The van der Waals surface area contributed by atoms with Crippen molar-refractivity contribution in [2.45, 2.75) is 38.0 Å². The lowest BCUT2D eigenvalue weighted by Crippen LogP contribution is -2.21. The van der Waals surface area contributed by atoms with Crippen LogP contribution in [0.25, 0.3) is 11.2 Å². The molecule has 1 aliphatic rings. The molecule has 3 N–H and O–H groups in total. The number of nitrogen functional groups attached to an aromatic ring is 1. The van der Waals surface area contributed by atoms with Crippen molar-refractivity contribution < 1.29 is 0 Å². The largest absolute Gasteiger partial charge is 0.382 e. The van der Waals surface area contributed by atoms with Crippen molar-refractivity contribution in [1.82, 2.24) is 19.9 Å². The lowest BCUT2D eigenvalue weighted by molar-refractivity contribution is 0.434. The number of anilines is 1. The molecule has 2 aromatic rings. The molecule has 0 saturated heterocycles. The van der Waals surface area contributed by atoms with Crippen LogP contribution in [-0.2, 0) is 0 Å². The number of nitrogens with one attached hydrogen (secondary N) is 1. The molecule has 0 radical (unpaired) electrons. The molecular formula is C12H15N5O. The average molecular weight is 245 g/mol. The van der Waals surface area contributed by atoms with Gasteiger partial charge in [-0.3, -0.25) is 4.79 Å². The molecule has 0 atom stereocenters. The van der Waals surface area contributed by atoms with Crippen molar-refractivity contribution in [3.8, 4) is 0 Å². The summed E-state index contributed by atoms with van der Waals surface area (Å²) in [5.41, 5.74) is 7.04. The Kier molecular flexibility index (Phi) is 2.70. The van der Waals surface area contributed by atoms with Gasteiger partial charge in [0.25, 0.3) is 5.56 Å². The summed E-state index contributed by atoms with van der Waals surface area (Å²) in [6, 6.07) is 0. The van der Waals surface area contributed by atoms with Crippen LogP contribution >= 0.6 is 0 Å². The molecule has 1 aliphatic carbocycles. The predicted octanol–water partition coefficient (Wildman–Crippen LogP) is 1.34. The number of H-pyrrole nitrogens is 1. The first-order valence-corrected chi connectivity index (χ1v) is 6.26. The van der Waals surface area contributed by atoms with Gasteiger partial charge < -0.3 is 10.7 Å². The second kappa shape index (κ2) is 4.36. The van der Waals surface area contributed by atoms with Gasteiger partial charge in [0, 0.05) is 5.92 Å². The summed E-state index contributed by atoms with van der Waals surface area (Å²) in [6.45, 7) is 0. The molecule has 0 amide bonds. The Labute approximate surface area is 104 Å². The monoisotopic (exact) mass is 245 g/mol. The Morgan fingerprint density at radius 3 is 2.78 bits per heavy atom. The fraction of sp³-hybridized carbons (Fsp3) is 0.500. The number of aromatic amines is 1. The molecule has 0 aromatic carbocycles. The van der Waals surface area contributed by atoms with Crippen LogP contribution < -0.4 is 11.3 Å². The molecule has 3 rings (SSSR count). The van der Waals surface area contributed by atoms with Gasteiger partial charge >= 0.3 is 0 Å². The van der Waals surface area contributed by atoms with Crippen LogP contribution in [0.4, 0.5) is 5.82 Å². The first-order valence-electron chi connectivity index (χ1n) is 6.26. The van der Waals surface area contributed by atoms with Gasteiger partial charge in [-0.05, 0) is 12.8 Å². The van der Waals surface area contributed by atoms with Gasteiger partial charge in [-0.15, -0.1) is 0 Å². The summed E-state index contributed by atoms with van der Waals surface area (Å²) in [5.74, 6) is 0.517. The standard InChI is InChI=1S/C12H15N5O/c13-10-9-11(15-6-14-10)16-8(12(18)17-9)7-4-2-1-3-5-7/h6-7H,1-5H2,(H,17,18)(H2,13,14,15,16). The van der Waals surface area contributed by atoms with E-state index in [9.17, 15) is 4.79 Å². The minimum absolute atomic E-state index is 0.157. The van der Waals surface area contributed by atoms with Crippen LogP contribution in [0.3, 0.4) is 0 Å². The highest BCUT2D eigenvalue weighted by Crippen LogP contribution is 2.30. The molecule has 0 bridgehead atoms. The number of hydrogen-bond acceptors (Lipinski definition) is 5. The lowest BCUT2D eigenvalue weighted by atomic mass is 9.87. The minimum atomic E-state index is -0.157. The first kappa shape index (κ1) is 11.1. The van der Waals surface area contributed by atoms with E-state index >= 15 is 0 Å². The van der Waals surface area contributed by atoms with E-state index in [-0.39, 0.29) is 17.3 Å². The zero-order valence-corrected chi connectivity index (χ0v) is 10.0. The Balaban J connectivity index is 2.12. The van der Waals surface area contributed by atoms with Crippen molar-refractivity contribution in [1.29, 1.82) is 0 Å². The van der Waals surface area contributed by atoms with Gasteiger partial charge in [0.1, 0.15) is 17.5 Å². The van der Waals surface area contributed by atoms with Crippen LogP contribution in [0, 0.1) is 0 Å². The summed E-state index contributed by atoms with van der Waals surface area (Å²) in [7, 11) is 0. The normalized spacial score (nSPS) is 17.1. The van der Waals surface area contributed by atoms with E-state index in [0.29, 0.717) is 16.9 Å². The summed E-state index contributed by atoms with van der Waals surface area (Å²) in [6.07, 6.45) is 7.00. The molecule has 0 unspecified atom stereocenters. The number of hydrogen-bond donors (Lipinski definition) is 2. The van der Waals surface area contributed by atoms with Crippen molar-refractivity contribution in [3.63, 3.8) is 0 Å². The van der Waals surface area contributed by atoms with Gasteiger partial charge in [-0.1, -0.05) is 19.3 Å². The van der Waals surface area contributed by atoms with Gasteiger partial charge in [-0.25, -0.2) is 15.0 Å². The van der Waals surface area contributed by atoms with E-state index in [2.05, 4.69) is 19.9 Å². The molecule has 6 heteroatoms. The molecule has 18 heavy (non-hydrogen) atoms. The SMILES string of the molecule is Nc1ncnc2nc(C3CCCCC3)c(=O)[nH]c12. The first-order chi connectivity index (χ1) is 8.75. The third-order valence-corrected chi connectivity index (χ3v) is 3.55. The highest BCUT2D eigenvalue weighted by atomic mass is 16.1. The Morgan fingerprint density at radius 2 is 2.00 bits per heavy atom. The molecule has 2 aromatic heterocycles. The number of rotatable bonds is 1. The quantitative estimate of drug-likeness (QED) is 0.790. The third kappa shape index (κ3) is 1.83. The van der Waals surface area contributed by atoms with E-state index in [0.717, 1.165) is 25.7 Å². The molecular weight excluding hydrogens is 230 g/mol. The van der Waals surface area contributed by atoms with Crippen molar-refractivity contribution in [2.24, 2.45) is 0 Å². The second-order valence-electron chi connectivity index (χ2n) is 4.74.